The second-order valence-corrected chi connectivity index (χ2v) is 7.01. The maximum Gasteiger partial charge on any atom is 0.303 e. The van der Waals surface area contributed by atoms with E-state index in [1.54, 1.807) is 29.2 Å². The van der Waals surface area contributed by atoms with Gasteiger partial charge in [0.25, 0.3) is 0 Å². The van der Waals surface area contributed by atoms with E-state index in [4.69, 9.17) is 5.11 Å². The number of likely N-dealkylation sites (tertiary alicyclic amines) is 1. The number of allylic oxidation sites excluding steroid dienone is 1. The Bertz CT molecular complexity index is 716. The lowest BCUT2D eigenvalue weighted by atomic mass is 9.99. The third kappa shape index (κ3) is 7.27. The van der Waals surface area contributed by atoms with Crippen LogP contribution in [0.3, 0.4) is 0 Å². The molecule has 5 nitrogen and oxygen atoms in total. The summed E-state index contributed by atoms with van der Waals surface area (Å²) in [5.74, 6) is -1.07. The molecule has 1 amide bonds. The van der Waals surface area contributed by atoms with E-state index in [1.807, 2.05) is 18.2 Å². The molecule has 2 rings (SSSR count). The number of halogens is 1. The third-order valence-corrected chi connectivity index (χ3v) is 4.78. The molecule has 1 aliphatic rings. The van der Waals surface area contributed by atoms with E-state index in [1.165, 1.54) is 6.07 Å². The maximum atomic E-state index is 13.7. The van der Waals surface area contributed by atoms with Crippen LogP contribution in [0.1, 0.15) is 44.1 Å². The minimum absolute atomic E-state index is 0.0691. The number of carbonyl (C=O) groups excluding carboxylic acids is 1. The number of aliphatic hydroxyl groups excluding tert-OH is 1. The van der Waals surface area contributed by atoms with Gasteiger partial charge in [0.15, 0.2) is 0 Å². The first-order valence-electron chi connectivity index (χ1n) is 9.73. The van der Waals surface area contributed by atoms with Crippen molar-refractivity contribution < 1.29 is 24.2 Å². The molecule has 2 atom stereocenters. The molecule has 28 heavy (non-hydrogen) atoms. The Hall–Kier alpha value is -2.47. The van der Waals surface area contributed by atoms with Crippen molar-refractivity contribution in [2.24, 2.45) is 0 Å². The number of piperidine rings is 1. The standard InChI is InChI=1S/C22H28FNO4/c23-20-10-5-4-8-17(20)16-19(25)14-13-18-9-7-11-21(26)24(18)15-6-2-1-3-12-22(27)28/h2,4-6,8,10,13-14,18-19,25H,1,3,7,9,11-12,15-16H2,(H,27,28)/t18-,19?/m1/s1. The summed E-state index contributed by atoms with van der Waals surface area (Å²) in [6.07, 6.45) is 10.1. The van der Waals surface area contributed by atoms with Gasteiger partial charge in [0.1, 0.15) is 5.82 Å². The van der Waals surface area contributed by atoms with Gasteiger partial charge in [-0.2, -0.15) is 0 Å². The van der Waals surface area contributed by atoms with Crippen molar-refractivity contribution in [2.45, 2.75) is 57.1 Å². The molecular weight excluding hydrogens is 361 g/mol. The number of rotatable bonds is 10. The maximum absolute atomic E-state index is 13.7. The van der Waals surface area contributed by atoms with Crippen LogP contribution in [-0.4, -0.2) is 45.7 Å². The zero-order valence-electron chi connectivity index (χ0n) is 16.0. The minimum atomic E-state index is -0.817. The molecule has 1 aromatic rings. The van der Waals surface area contributed by atoms with Crippen LogP contribution in [0.15, 0.2) is 48.6 Å². The van der Waals surface area contributed by atoms with Crippen LogP contribution >= 0.6 is 0 Å². The molecule has 2 N–H and O–H groups in total. The summed E-state index contributed by atoms with van der Waals surface area (Å²) in [5.41, 5.74) is 0.459. The predicted octanol–water partition coefficient (Wildman–Crippen LogP) is 3.48. The van der Waals surface area contributed by atoms with E-state index >= 15 is 0 Å². The monoisotopic (exact) mass is 389 g/mol. The number of hydrogen-bond acceptors (Lipinski definition) is 3. The zero-order chi connectivity index (χ0) is 20.4. The number of unbranched alkanes of at least 4 members (excludes halogenated alkanes) is 1. The molecule has 0 saturated carbocycles. The largest absolute Gasteiger partial charge is 0.481 e. The van der Waals surface area contributed by atoms with Crippen LogP contribution < -0.4 is 0 Å². The van der Waals surface area contributed by atoms with Gasteiger partial charge >= 0.3 is 5.97 Å². The SMILES string of the molecule is O=C(O)CCCC=CCN1C(=O)CCC[C@@H]1C=CC(O)Cc1ccccc1F. The summed E-state index contributed by atoms with van der Waals surface area (Å²) in [5, 5.41) is 18.8. The van der Waals surface area contributed by atoms with Crippen molar-refractivity contribution in [3.63, 3.8) is 0 Å². The summed E-state index contributed by atoms with van der Waals surface area (Å²) < 4.78 is 13.7. The number of aliphatic carboxylic acids is 1. The van der Waals surface area contributed by atoms with Crippen molar-refractivity contribution in [1.29, 1.82) is 0 Å². The third-order valence-electron chi connectivity index (χ3n) is 4.78. The first kappa shape index (κ1) is 21.8. The van der Waals surface area contributed by atoms with Crippen molar-refractivity contribution in [2.75, 3.05) is 6.54 Å². The van der Waals surface area contributed by atoms with Crippen LogP contribution in [0.5, 0.6) is 0 Å². The predicted molar refractivity (Wildman–Crippen MR) is 105 cm³/mol. The fourth-order valence-electron chi connectivity index (χ4n) is 3.28. The molecule has 0 aromatic heterocycles. The number of aliphatic hydroxyl groups is 1. The average molecular weight is 389 g/mol. The van der Waals surface area contributed by atoms with E-state index in [9.17, 15) is 19.1 Å². The van der Waals surface area contributed by atoms with E-state index in [0.717, 1.165) is 12.8 Å². The number of carbonyl (C=O) groups is 2. The molecule has 6 heteroatoms. The highest BCUT2D eigenvalue weighted by Crippen LogP contribution is 2.20. The molecule has 1 aliphatic heterocycles. The Morgan fingerprint density at radius 1 is 1.32 bits per heavy atom. The van der Waals surface area contributed by atoms with Gasteiger partial charge in [-0.3, -0.25) is 9.59 Å². The number of carboxylic acids is 1. The number of nitrogens with zero attached hydrogens (tertiary/aromatic N) is 1. The van der Waals surface area contributed by atoms with Crippen LogP contribution in [0, 0.1) is 5.82 Å². The van der Waals surface area contributed by atoms with E-state index < -0.39 is 12.1 Å². The van der Waals surface area contributed by atoms with E-state index in [2.05, 4.69) is 0 Å². The van der Waals surface area contributed by atoms with Gasteiger partial charge in [-0.05, 0) is 37.3 Å². The Balaban J connectivity index is 1.88. The van der Waals surface area contributed by atoms with Crippen LogP contribution in [0.4, 0.5) is 4.39 Å². The second-order valence-electron chi connectivity index (χ2n) is 7.01. The van der Waals surface area contributed by atoms with Gasteiger partial charge < -0.3 is 15.1 Å². The smallest absolute Gasteiger partial charge is 0.303 e. The lowest BCUT2D eigenvalue weighted by Crippen LogP contribution is -2.42. The molecule has 0 bridgehead atoms. The summed E-state index contributed by atoms with van der Waals surface area (Å²) in [6.45, 7) is 0.463. The fraction of sp³-hybridized carbons (Fsp3) is 0.455. The number of carboxylic acid groups (broad SMARTS) is 1. The first-order valence-corrected chi connectivity index (χ1v) is 9.73. The van der Waals surface area contributed by atoms with Gasteiger partial charge in [-0.1, -0.05) is 42.5 Å². The minimum Gasteiger partial charge on any atom is -0.481 e. The summed E-state index contributed by atoms with van der Waals surface area (Å²) >= 11 is 0. The normalized spacial score (nSPS) is 18.9. The van der Waals surface area contributed by atoms with Crippen LogP contribution in [0.2, 0.25) is 0 Å². The van der Waals surface area contributed by atoms with Gasteiger partial charge in [0.2, 0.25) is 5.91 Å². The van der Waals surface area contributed by atoms with Crippen molar-refractivity contribution in [1.82, 2.24) is 4.90 Å². The summed E-state index contributed by atoms with van der Waals surface area (Å²) in [7, 11) is 0. The van der Waals surface area contributed by atoms with E-state index in [-0.39, 0.29) is 30.6 Å². The first-order chi connectivity index (χ1) is 13.5. The van der Waals surface area contributed by atoms with Gasteiger partial charge in [0, 0.05) is 25.8 Å². The number of amides is 1. The number of benzene rings is 1. The highest BCUT2D eigenvalue weighted by Gasteiger charge is 2.25. The van der Waals surface area contributed by atoms with Crippen LogP contribution in [0.25, 0.3) is 0 Å². The fourth-order valence-corrected chi connectivity index (χ4v) is 3.28. The van der Waals surface area contributed by atoms with Gasteiger partial charge in [-0.15, -0.1) is 0 Å². The quantitative estimate of drug-likeness (QED) is 0.474. The molecule has 1 saturated heterocycles. The lowest BCUT2D eigenvalue weighted by molar-refractivity contribution is -0.137. The topological polar surface area (TPSA) is 77.8 Å². The second kappa shape index (κ2) is 11.4. The molecule has 1 fully saturated rings. The molecule has 1 aromatic carbocycles. The van der Waals surface area contributed by atoms with Crippen molar-refractivity contribution >= 4 is 11.9 Å². The molecule has 1 heterocycles. The molecular formula is C22H28FNO4. The molecule has 1 unspecified atom stereocenters. The summed E-state index contributed by atoms with van der Waals surface area (Å²) in [6, 6.07) is 6.27. The Labute approximate surface area is 165 Å². The molecule has 0 spiro atoms. The number of hydrogen-bond donors (Lipinski definition) is 2. The highest BCUT2D eigenvalue weighted by molar-refractivity contribution is 5.77. The van der Waals surface area contributed by atoms with Crippen molar-refractivity contribution in [3.8, 4) is 0 Å². The van der Waals surface area contributed by atoms with Gasteiger partial charge in [0.05, 0.1) is 12.1 Å². The molecule has 0 aliphatic carbocycles. The Morgan fingerprint density at radius 2 is 2.11 bits per heavy atom. The molecule has 152 valence electrons. The lowest BCUT2D eigenvalue weighted by Gasteiger charge is -2.33. The summed E-state index contributed by atoms with van der Waals surface area (Å²) in [4.78, 5) is 24.5. The molecule has 0 radical (unpaired) electrons. The van der Waals surface area contributed by atoms with Crippen molar-refractivity contribution in [3.05, 3.63) is 60.0 Å². The average Bonchev–Trinajstić information content (AvgIpc) is 2.66. The zero-order valence-corrected chi connectivity index (χ0v) is 16.0. The van der Waals surface area contributed by atoms with Gasteiger partial charge in [-0.25, -0.2) is 4.39 Å². The van der Waals surface area contributed by atoms with Crippen LogP contribution in [-0.2, 0) is 16.0 Å². The Morgan fingerprint density at radius 3 is 2.86 bits per heavy atom. The highest BCUT2D eigenvalue weighted by atomic mass is 19.1. The van der Waals surface area contributed by atoms with E-state index in [0.29, 0.717) is 31.4 Å². The Kier molecular flexibility index (Phi) is 8.88.